The molecule has 0 aliphatic carbocycles. The van der Waals surface area contributed by atoms with Crippen LogP contribution in [0.3, 0.4) is 0 Å². The van der Waals surface area contributed by atoms with Crippen molar-refractivity contribution in [3.8, 4) is 0 Å². The molecule has 1 aliphatic heterocycles. The monoisotopic (exact) mass is 392 g/mol. The van der Waals surface area contributed by atoms with Gasteiger partial charge in [-0.2, -0.15) is 0 Å². The molecule has 3 aromatic rings. The maximum absolute atomic E-state index is 11.7. The minimum Gasteiger partial charge on any atom is -0.465 e. The standard InChI is InChI=1S/C22H24N4O3/c1-16-6-8-17(9-7-16)13-25-10-11-29-21(25)20-15-26(24-23-20)14-18-4-3-5-19(12-18)22(27)28-2/h3-9,12,15,21H,10-11,13-14H2,1-2H3. The van der Waals surface area contributed by atoms with Crippen molar-refractivity contribution in [2.24, 2.45) is 0 Å². The number of rotatable bonds is 6. The molecule has 29 heavy (non-hydrogen) atoms. The minimum atomic E-state index is -0.350. The maximum Gasteiger partial charge on any atom is 0.337 e. The summed E-state index contributed by atoms with van der Waals surface area (Å²) in [6, 6.07) is 15.9. The molecule has 2 aromatic carbocycles. The highest BCUT2D eigenvalue weighted by Gasteiger charge is 2.29. The van der Waals surface area contributed by atoms with E-state index in [-0.39, 0.29) is 12.2 Å². The first kappa shape index (κ1) is 19.3. The summed E-state index contributed by atoms with van der Waals surface area (Å²) in [6.07, 6.45) is 1.70. The third kappa shape index (κ3) is 4.52. The van der Waals surface area contributed by atoms with E-state index in [1.807, 2.05) is 24.4 Å². The Morgan fingerprint density at radius 3 is 2.79 bits per heavy atom. The zero-order valence-corrected chi connectivity index (χ0v) is 16.6. The zero-order chi connectivity index (χ0) is 20.2. The SMILES string of the molecule is COC(=O)c1cccc(Cn2cc(C3OCCN3Cc3ccc(C)cc3)nn2)c1. The summed E-state index contributed by atoms with van der Waals surface area (Å²) in [7, 11) is 1.38. The molecule has 4 rings (SSSR count). The van der Waals surface area contributed by atoms with Gasteiger partial charge in [0.05, 0.1) is 32.0 Å². The van der Waals surface area contributed by atoms with Crippen molar-refractivity contribution in [3.05, 3.63) is 82.7 Å². The molecule has 1 aliphatic rings. The number of ether oxygens (including phenoxy) is 2. The van der Waals surface area contributed by atoms with Crippen molar-refractivity contribution >= 4 is 5.97 Å². The maximum atomic E-state index is 11.7. The number of nitrogens with zero attached hydrogens (tertiary/aromatic N) is 4. The zero-order valence-electron chi connectivity index (χ0n) is 16.6. The van der Waals surface area contributed by atoms with Crippen LogP contribution in [0.15, 0.2) is 54.7 Å². The Bertz CT molecular complexity index is 984. The highest BCUT2D eigenvalue weighted by Crippen LogP contribution is 2.27. The minimum absolute atomic E-state index is 0.202. The number of aryl methyl sites for hydroxylation is 1. The summed E-state index contributed by atoms with van der Waals surface area (Å²) < 4.78 is 12.5. The van der Waals surface area contributed by atoms with Crippen molar-refractivity contribution in [1.29, 1.82) is 0 Å². The number of methoxy groups -OCH3 is 1. The van der Waals surface area contributed by atoms with Crippen molar-refractivity contribution in [2.75, 3.05) is 20.3 Å². The molecule has 7 nitrogen and oxygen atoms in total. The van der Waals surface area contributed by atoms with Crippen LogP contribution in [0, 0.1) is 6.92 Å². The molecule has 0 bridgehead atoms. The Labute approximate surface area is 169 Å². The molecule has 0 amide bonds. The molecule has 150 valence electrons. The van der Waals surface area contributed by atoms with E-state index in [1.54, 1.807) is 10.7 Å². The Kier molecular flexibility index (Phi) is 5.69. The van der Waals surface area contributed by atoms with E-state index in [4.69, 9.17) is 9.47 Å². The fourth-order valence-electron chi connectivity index (χ4n) is 3.47. The number of carbonyl (C=O) groups excluding carboxylic acids is 1. The van der Waals surface area contributed by atoms with Crippen LogP contribution in [-0.4, -0.2) is 46.1 Å². The second-order valence-electron chi connectivity index (χ2n) is 7.21. The van der Waals surface area contributed by atoms with Gasteiger partial charge in [0.1, 0.15) is 5.69 Å². The van der Waals surface area contributed by atoms with Gasteiger partial charge in [0.15, 0.2) is 6.23 Å². The number of esters is 1. The van der Waals surface area contributed by atoms with E-state index in [9.17, 15) is 4.79 Å². The molecular weight excluding hydrogens is 368 g/mol. The first-order chi connectivity index (χ1) is 14.1. The van der Waals surface area contributed by atoms with Gasteiger partial charge in [-0.3, -0.25) is 4.90 Å². The van der Waals surface area contributed by atoms with Crippen LogP contribution in [0.5, 0.6) is 0 Å². The van der Waals surface area contributed by atoms with Gasteiger partial charge in [-0.1, -0.05) is 47.2 Å². The predicted molar refractivity (Wildman–Crippen MR) is 107 cm³/mol. The molecule has 7 heteroatoms. The number of carbonyl (C=O) groups is 1. The largest absolute Gasteiger partial charge is 0.465 e. The average molecular weight is 392 g/mol. The predicted octanol–water partition coefficient (Wildman–Crippen LogP) is 2.95. The van der Waals surface area contributed by atoms with E-state index >= 15 is 0 Å². The molecule has 0 N–H and O–H groups in total. The van der Waals surface area contributed by atoms with Gasteiger partial charge in [0, 0.05) is 13.1 Å². The molecule has 2 heterocycles. The molecule has 1 saturated heterocycles. The smallest absolute Gasteiger partial charge is 0.337 e. The lowest BCUT2D eigenvalue weighted by Gasteiger charge is -2.21. The summed E-state index contributed by atoms with van der Waals surface area (Å²) in [5, 5.41) is 8.58. The fourth-order valence-corrected chi connectivity index (χ4v) is 3.47. The lowest BCUT2D eigenvalue weighted by Crippen LogP contribution is -2.23. The van der Waals surface area contributed by atoms with Crippen LogP contribution in [0.2, 0.25) is 0 Å². The first-order valence-corrected chi connectivity index (χ1v) is 9.61. The van der Waals surface area contributed by atoms with Gasteiger partial charge in [-0.25, -0.2) is 9.48 Å². The summed E-state index contributed by atoms with van der Waals surface area (Å²) >= 11 is 0. The van der Waals surface area contributed by atoms with Gasteiger partial charge in [0.25, 0.3) is 0 Å². The van der Waals surface area contributed by atoms with Gasteiger partial charge < -0.3 is 9.47 Å². The third-order valence-electron chi connectivity index (χ3n) is 4.99. The number of aromatic nitrogens is 3. The molecule has 0 saturated carbocycles. The molecule has 1 fully saturated rings. The van der Waals surface area contributed by atoms with Crippen molar-refractivity contribution < 1.29 is 14.3 Å². The molecule has 1 atom stereocenters. The summed E-state index contributed by atoms with van der Waals surface area (Å²) in [5.41, 5.74) is 4.76. The normalized spacial score (nSPS) is 16.8. The summed E-state index contributed by atoms with van der Waals surface area (Å²) in [5.74, 6) is -0.350. The lowest BCUT2D eigenvalue weighted by molar-refractivity contribution is 0.0252. The highest BCUT2D eigenvalue weighted by molar-refractivity contribution is 5.89. The summed E-state index contributed by atoms with van der Waals surface area (Å²) in [6.45, 7) is 4.93. The molecule has 1 aromatic heterocycles. The molecule has 0 spiro atoms. The summed E-state index contributed by atoms with van der Waals surface area (Å²) in [4.78, 5) is 14.0. The van der Waals surface area contributed by atoms with Gasteiger partial charge in [-0.05, 0) is 30.2 Å². The Morgan fingerprint density at radius 1 is 1.17 bits per heavy atom. The number of hydrogen-bond donors (Lipinski definition) is 0. The third-order valence-corrected chi connectivity index (χ3v) is 4.99. The van der Waals surface area contributed by atoms with E-state index in [0.717, 1.165) is 24.3 Å². The van der Waals surface area contributed by atoms with Gasteiger partial charge in [0.2, 0.25) is 0 Å². The van der Waals surface area contributed by atoms with Crippen LogP contribution < -0.4 is 0 Å². The van der Waals surface area contributed by atoms with E-state index in [2.05, 4.69) is 46.4 Å². The second kappa shape index (κ2) is 8.55. The van der Waals surface area contributed by atoms with E-state index in [1.165, 1.54) is 18.2 Å². The molecule has 0 radical (unpaired) electrons. The Hall–Kier alpha value is -3.03. The van der Waals surface area contributed by atoms with E-state index < -0.39 is 0 Å². The molecular formula is C22H24N4O3. The van der Waals surface area contributed by atoms with Crippen molar-refractivity contribution in [2.45, 2.75) is 26.2 Å². The number of hydrogen-bond acceptors (Lipinski definition) is 6. The van der Waals surface area contributed by atoms with Crippen molar-refractivity contribution in [1.82, 2.24) is 19.9 Å². The lowest BCUT2D eigenvalue weighted by atomic mass is 10.1. The van der Waals surface area contributed by atoms with E-state index in [0.29, 0.717) is 18.7 Å². The van der Waals surface area contributed by atoms with Crippen LogP contribution in [-0.2, 0) is 22.6 Å². The fraction of sp³-hybridized carbons (Fsp3) is 0.318. The topological polar surface area (TPSA) is 69.5 Å². The van der Waals surface area contributed by atoms with Crippen LogP contribution in [0.25, 0.3) is 0 Å². The highest BCUT2D eigenvalue weighted by atomic mass is 16.5. The quantitative estimate of drug-likeness (QED) is 0.601. The van der Waals surface area contributed by atoms with Gasteiger partial charge >= 0.3 is 5.97 Å². The average Bonchev–Trinajstić information content (AvgIpc) is 3.38. The Balaban J connectivity index is 1.45. The van der Waals surface area contributed by atoms with Crippen LogP contribution in [0.4, 0.5) is 0 Å². The Morgan fingerprint density at radius 2 is 2.00 bits per heavy atom. The van der Waals surface area contributed by atoms with Gasteiger partial charge in [-0.15, -0.1) is 5.10 Å². The molecule has 1 unspecified atom stereocenters. The first-order valence-electron chi connectivity index (χ1n) is 9.61. The van der Waals surface area contributed by atoms with Crippen LogP contribution in [0.1, 0.15) is 39.0 Å². The second-order valence-corrected chi connectivity index (χ2v) is 7.21. The van der Waals surface area contributed by atoms with Crippen molar-refractivity contribution in [3.63, 3.8) is 0 Å². The van der Waals surface area contributed by atoms with Crippen LogP contribution >= 0.6 is 0 Å². The number of benzene rings is 2.